The highest BCUT2D eigenvalue weighted by Crippen LogP contribution is 2.46. The maximum Gasteiger partial charge on any atom is 0.404 e. The predicted molar refractivity (Wildman–Crippen MR) is 402 cm³/mol. The SMILES string of the molecule is C.C.C.C.C.C.C.C.C.C.C.C.CCC(C)(C(=O)OC(C)(C)C)C(F)(F)F.CCC(C)(C(=O)OC1CCC(C(C)(C)C)CC1)C(F)(F)F.CCC(C)(C(=O)OC1CCCCC1)C(F)(F)F.CCC(C)CC(C)(C)C.CCC(C)CC(C)(C)C.CCC(C)CC1CCCCC1. The van der Waals surface area contributed by atoms with Gasteiger partial charge in [0.05, 0.1) is 0 Å². The summed E-state index contributed by atoms with van der Waals surface area (Å²) in [5.74, 6) is 0.903. The van der Waals surface area contributed by atoms with Gasteiger partial charge in [-0.05, 0) is 177 Å². The van der Waals surface area contributed by atoms with Gasteiger partial charge < -0.3 is 14.2 Å². The Bertz CT molecular complexity index is 1690. The second-order valence-electron chi connectivity index (χ2n) is 29.8. The largest absolute Gasteiger partial charge is 0.462 e. The normalized spacial score (nSPS) is 18.5. The molecular weight excluding hydrogens is 1220 g/mol. The molecule has 3 fully saturated rings. The Morgan fingerprint density at radius 2 is 0.617 bits per heavy atom. The summed E-state index contributed by atoms with van der Waals surface area (Å²) in [7, 11) is 0. The standard InChI is InChI=1S/C16H27F3O2.C12H19F3O2.C11H22.C10H17F3O2.2C9H20.12CH4/c1-6-15(5,16(17,18)19)13(20)21-12-9-7-11(8-10-12)14(2,3)4;1-3-11(2,12(13,14)15)10(16)17-9-7-5-4-6-8-9;1-3-10(2)9-11-7-5-4-6-8-11;1-6-9(5,10(11,12)13)7(14)15-8(2,3)4;2*1-6-8(2)7-9(3,4)5;;;;;;;;;;;;/h11-12H,6-10H2,1-5H3;9H,3-8H2,1-2H3;10-11H,3-9H2,1-2H3;6H2,1-5H3;2*8H,6-7H2,1-5H3;12*1H4. The molecule has 588 valence electrons. The number of rotatable bonds is 15. The van der Waals surface area contributed by atoms with E-state index >= 15 is 0 Å². The number of hydrogen-bond donors (Lipinski definition) is 0. The summed E-state index contributed by atoms with van der Waals surface area (Å²) in [5, 5.41) is 0. The van der Waals surface area contributed by atoms with Crippen molar-refractivity contribution in [2.24, 2.45) is 62.1 Å². The summed E-state index contributed by atoms with van der Waals surface area (Å²) in [6, 6.07) is 0. The van der Waals surface area contributed by atoms with Gasteiger partial charge >= 0.3 is 36.4 Å². The van der Waals surface area contributed by atoms with E-state index in [4.69, 9.17) is 14.2 Å². The molecule has 0 aromatic rings. The second-order valence-corrected chi connectivity index (χ2v) is 29.8. The first-order chi connectivity index (χ1) is 36.9. The summed E-state index contributed by atoms with van der Waals surface area (Å²) in [4.78, 5) is 35.0. The molecule has 6 atom stereocenters. The monoisotopic (exact) mass is 1390 g/mol. The van der Waals surface area contributed by atoms with Gasteiger partial charge in [0.1, 0.15) is 17.8 Å². The zero-order valence-corrected chi connectivity index (χ0v) is 56.7. The number of esters is 3. The van der Waals surface area contributed by atoms with E-state index in [1.807, 2.05) is 0 Å². The van der Waals surface area contributed by atoms with E-state index in [1.54, 1.807) is 0 Å². The molecule has 0 aromatic carbocycles. The maximum absolute atomic E-state index is 13.0. The first-order valence-electron chi connectivity index (χ1n) is 31.8. The molecule has 0 aromatic heterocycles. The topological polar surface area (TPSA) is 78.9 Å². The minimum atomic E-state index is -4.58. The fourth-order valence-corrected chi connectivity index (χ4v) is 10.1. The van der Waals surface area contributed by atoms with Gasteiger partial charge in [-0.1, -0.05) is 272 Å². The molecule has 94 heavy (non-hydrogen) atoms. The van der Waals surface area contributed by atoms with E-state index in [1.165, 1.54) is 112 Å². The Kier molecular flexibility index (Phi) is 77.1. The molecule has 3 aliphatic carbocycles. The Balaban J connectivity index is -0.0000000612. The minimum Gasteiger partial charge on any atom is -0.462 e. The van der Waals surface area contributed by atoms with Crippen molar-refractivity contribution in [1.29, 1.82) is 0 Å². The van der Waals surface area contributed by atoms with Crippen LogP contribution in [0.25, 0.3) is 0 Å². The van der Waals surface area contributed by atoms with Crippen molar-refractivity contribution in [3.05, 3.63) is 0 Å². The first kappa shape index (κ1) is 128. The van der Waals surface area contributed by atoms with E-state index in [0.29, 0.717) is 42.4 Å². The van der Waals surface area contributed by atoms with Crippen LogP contribution in [0.15, 0.2) is 0 Å². The van der Waals surface area contributed by atoms with Crippen molar-refractivity contribution in [3.8, 4) is 0 Å². The molecule has 15 heteroatoms. The Hall–Kier alpha value is -2.22. The molecular formula is C79H173F9O6. The molecule has 3 saturated carbocycles. The van der Waals surface area contributed by atoms with Crippen LogP contribution in [0, 0.1) is 62.1 Å². The van der Waals surface area contributed by atoms with E-state index in [0.717, 1.165) is 76.5 Å². The van der Waals surface area contributed by atoms with Gasteiger partial charge in [0.25, 0.3) is 0 Å². The molecule has 0 heterocycles. The summed E-state index contributed by atoms with van der Waals surface area (Å²) < 4.78 is 130. The lowest BCUT2D eigenvalue weighted by atomic mass is 9.72. The second kappa shape index (κ2) is 56.5. The van der Waals surface area contributed by atoms with Gasteiger partial charge in [0, 0.05) is 0 Å². The molecule has 6 unspecified atom stereocenters. The lowest BCUT2D eigenvalue weighted by molar-refractivity contribution is -0.237. The number of ether oxygens (including phenoxy) is 3. The van der Waals surface area contributed by atoms with Crippen LogP contribution >= 0.6 is 0 Å². The zero-order valence-electron chi connectivity index (χ0n) is 56.7. The summed E-state index contributed by atoms with van der Waals surface area (Å²) in [6.07, 6.45) is 7.82. The van der Waals surface area contributed by atoms with Gasteiger partial charge in [-0.3, -0.25) is 14.4 Å². The summed E-state index contributed by atoms with van der Waals surface area (Å²) in [5.41, 5.74) is -6.85. The molecule has 0 saturated heterocycles. The Labute approximate surface area is 585 Å². The van der Waals surface area contributed by atoms with E-state index in [9.17, 15) is 53.9 Å². The van der Waals surface area contributed by atoms with Crippen molar-refractivity contribution in [2.75, 3.05) is 0 Å². The molecule has 0 bridgehead atoms. The Morgan fingerprint density at radius 1 is 0.362 bits per heavy atom. The van der Waals surface area contributed by atoms with Gasteiger partial charge in [0.15, 0.2) is 16.2 Å². The van der Waals surface area contributed by atoms with Gasteiger partial charge in [-0.15, -0.1) is 0 Å². The van der Waals surface area contributed by atoms with Crippen molar-refractivity contribution < 1.29 is 68.1 Å². The number of halogens is 9. The van der Waals surface area contributed by atoms with Gasteiger partial charge in [-0.2, -0.15) is 39.5 Å². The molecule has 0 N–H and O–H groups in total. The lowest BCUT2D eigenvalue weighted by Crippen LogP contribution is -2.45. The van der Waals surface area contributed by atoms with Crippen LogP contribution in [0.3, 0.4) is 0 Å². The zero-order chi connectivity index (χ0) is 65.2. The predicted octanol–water partition coefficient (Wildman–Crippen LogP) is 30.8. The maximum atomic E-state index is 13.0. The molecule has 3 rings (SSSR count). The molecule has 6 nitrogen and oxygen atoms in total. The smallest absolute Gasteiger partial charge is 0.404 e. The van der Waals surface area contributed by atoms with Crippen molar-refractivity contribution in [2.45, 2.75) is 439 Å². The molecule has 0 aliphatic heterocycles. The third-order valence-corrected chi connectivity index (χ3v) is 17.2. The number of carbonyl (C=O) groups is 3. The van der Waals surface area contributed by atoms with Crippen molar-refractivity contribution >= 4 is 17.9 Å². The highest BCUT2D eigenvalue weighted by molar-refractivity contribution is 5.78. The molecule has 0 radical (unpaired) electrons. The highest BCUT2D eigenvalue weighted by Gasteiger charge is 2.59. The van der Waals surface area contributed by atoms with Crippen molar-refractivity contribution in [1.82, 2.24) is 0 Å². The molecule has 3 aliphatic rings. The van der Waals surface area contributed by atoms with Crippen LogP contribution in [0.5, 0.6) is 0 Å². The lowest BCUT2D eigenvalue weighted by Gasteiger charge is -2.38. The van der Waals surface area contributed by atoms with Crippen LogP contribution < -0.4 is 0 Å². The van der Waals surface area contributed by atoms with Crippen LogP contribution in [-0.4, -0.2) is 54.2 Å². The fraction of sp³-hybridized carbons (Fsp3) is 0.962. The average molecular weight is 1390 g/mol. The van der Waals surface area contributed by atoms with E-state index in [-0.39, 0.29) is 126 Å². The fourth-order valence-electron chi connectivity index (χ4n) is 10.1. The summed E-state index contributed by atoms with van der Waals surface area (Å²) in [6.45, 7) is 45.6. The highest BCUT2D eigenvalue weighted by atomic mass is 19.4. The van der Waals surface area contributed by atoms with Crippen LogP contribution in [0.4, 0.5) is 39.5 Å². The molecule has 0 spiro atoms. The van der Waals surface area contributed by atoms with Gasteiger partial charge in [-0.25, -0.2) is 0 Å². The quantitative estimate of drug-likeness (QED) is 0.0923. The third-order valence-electron chi connectivity index (χ3n) is 17.2. The third kappa shape index (κ3) is 51.9. The number of carbonyl (C=O) groups excluding carboxylic acids is 3. The van der Waals surface area contributed by atoms with E-state index in [2.05, 4.69) is 104 Å². The van der Waals surface area contributed by atoms with Crippen LogP contribution in [-0.2, 0) is 28.6 Å². The van der Waals surface area contributed by atoms with Crippen LogP contribution in [0.1, 0.15) is 403 Å². The van der Waals surface area contributed by atoms with Crippen molar-refractivity contribution in [3.63, 3.8) is 0 Å². The summed E-state index contributed by atoms with van der Waals surface area (Å²) >= 11 is 0. The van der Waals surface area contributed by atoms with Gasteiger partial charge in [0.2, 0.25) is 0 Å². The first-order valence-corrected chi connectivity index (χ1v) is 31.8. The number of alkyl halides is 9. The average Bonchev–Trinajstić information content (AvgIpc) is 3.34. The Morgan fingerprint density at radius 3 is 0.830 bits per heavy atom. The number of hydrogen-bond acceptors (Lipinski definition) is 6. The minimum absolute atomic E-state index is 0. The molecule has 0 amide bonds. The van der Waals surface area contributed by atoms with E-state index < -0.39 is 58.3 Å². The van der Waals surface area contributed by atoms with Crippen LogP contribution in [0.2, 0.25) is 0 Å².